The van der Waals surface area contributed by atoms with Crippen molar-refractivity contribution in [1.82, 2.24) is 25.6 Å². The average Bonchev–Trinajstić information content (AvgIpc) is 3.21. The molecule has 10 heteroatoms. The quantitative estimate of drug-likeness (QED) is 0.565. The highest BCUT2D eigenvalue weighted by atomic mass is 16.5. The van der Waals surface area contributed by atoms with Crippen LogP contribution in [0.1, 0.15) is 24.3 Å². The van der Waals surface area contributed by atoms with Gasteiger partial charge in [0.2, 0.25) is 0 Å². The molecule has 3 N–H and O–H groups in total. The fraction of sp³-hybridized carbons (Fsp3) is 0.800. The first-order valence-electron chi connectivity index (χ1n) is 11.0. The Morgan fingerprint density at radius 1 is 1.23 bits per heavy atom. The molecule has 0 radical (unpaired) electrons. The second kappa shape index (κ2) is 10.5. The number of hydrogen-bond acceptors (Lipinski definition) is 8. The standard InChI is InChI=1S/C20H33N5O5/c26-18-2-1-16(29-19(18)13-22-20(27)25-7-9-28-10-8-25)11-15-12-17(30-23-15)14-24-5-3-21-4-6-24/h12,16,18-19,21,26H,1-11,13-14H2,(H,22,27)/t16-,18-,19+/m0/s1. The van der Waals surface area contributed by atoms with Gasteiger partial charge in [0.25, 0.3) is 0 Å². The fourth-order valence-corrected chi connectivity index (χ4v) is 4.20. The van der Waals surface area contributed by atoms with Crippen LogP contribution in [0.2, 0.25) is 0 Å². The maximum Gasteiger partial charge on any atom is 0.317 e. The van der Waals surface area contributed by atoms with Gasteiger partial charge in [-0.3, -0.25) is 4.90 Å². The predicted molar refractivity (Wildman–Crippen MR) is 108 cm³/mol. The van der Waals surface area contributed by atoms with Gasteiger partial charge in [-0.1, -0.05) is 5.16 Å². The molecule has 4 heterocycles. The molecule has 0 saturated carbocycles. The minimum atomic E-state index is -0.577. The van der Waals surface area contributed by atoms with E-state index in [0.717, 1.165) is 50.6 Å². The summed E-state index contributed by atoms with van der Waals surface area (Å²) in [6.45, 7) is 7.39. The van der Waals surface area contributed by atoms with E-state index in [1.54, 1.807) is 4.90 Å². The lowest BCUT2D eigenvalue weighted by molar-refractivity contribution is -0.114. The number of rotatable bonds is 6. The summed E-state index contributed by atoms with van der Waals surface area (Å²) in [4.78, 5) is 16.4. The zero-order valence-electron chi connectivity index (χ0n) is 17.4. The van der Waals surface area contributed by atoms with Gasteiger partial charge in [0.05, 0.1) is 37.7 Å². The molecule has 3 saturated heterocycles. The van der Waals surface area contributed by atoms with Crippen molar-refractivity contribution in [3.63, 3.8) is 0 Å². The predicted octanol–water partition coefficient (Wildman–Crippen LogP) is -0.427. The molecule has 1 aromatic rings. The number of aromatic nitrogens is 1. The zero-order valence-corrected chi connectivity index (χ0v) is 17.4. The number of piperazine rings is 1. The number of aliphatic hydroxyl groups is 1. The van der Waals surface area contributed by atoms with E-state index in [1.807, 2.05) is 6.07 Å². The van der Waals surface area contributed by atoms with Crippen molar-refractivity contribution in [1.29, 1.82) is 0 Å². The van der Waals surface area contributed by atoms with Gasteiger partial charge in [0, 0.05) is 58.3 Å². The molecule has 0 aliphatic carbocycles. The van der Waals surface area contributed by atoms with E-state index < -0.39 is 12.2 Å². The van der Waals surface area contributed by atoms with Crippen LogP contribution in [0.25, 0.3) is 0 Å². The molecular weight excluding hydrogens is 390 g/mol. The molecule has 0 aromatic carbocycles. The van der Waals surface area contributed by atoms with Crippen molar-refractivity contribution in [3.8, 4) is 0 Å². The molecule has 4 rings (SSSR count). The summed E-state index contributed by atoms with van der Waals surface area (Å²) < 4.78 is 16.9. The Morgan fingerprint density at radius 3 is 2.83 bits per heavy atom. The molecule has 3 fully saturated rings. The molecule has 3 aliphatic rings. The highest BCUT2D eigenvalue weighted by molar-refractivity contribution is 5.74. The Kier molecular flexibility index (Phi) is 7.56. The fourth-order valence-electron chi connectivity index (χ4n) is 4.20. The monoisotopic (exact) mass is 423 g/mol. The maximum atomic E-state index is 12.3. The molecule has 168 valence electrons. The highest BCUT2D eigenvalue weighted by Gasteiger charge is 2.31. The minimum absolute atomic E-state index is 0.0455. The summed E-state index contributed by atoms with van der Waals surface area (Å²) in [6.07, 6.45) is 1.01. The molecular formula is C20H33N5O5. The number of hydrogen-bond donors (Lipinski definition) is 3. The van der Waals surface area contributed by atoms with Crippen LogP contribution in [0, 0.1) is 0 Å². The summed E-state index contributed by atoms with van der Waals surface area (Å²) >= 11 is 0. The molecule has 30 heavy (non-hydrogen) atoms. The smallest absolute Gasteiger partial charge is 0.317 e. The lowest BCUT2D eigenvalue weighted by Gasteiger charge is -2.34. The summed E-state index contributed by atoms with van der Waals surface area (Å²) in [5.74, 6) is 0.872. The number of nitrogens with one attached hydrogen (secondary N) is 2. The first-order valence-corrected chi connectivity index (χ1v) is 11.0. The van der Waals surface area contributed by atoms with E-state index in [9.17, 15) is 9.90 Å². The van der Waals surface area contributed by atoms with Crippen molar-refractivity contribution in [2.45, 2.75) is 44.1 Å². The third-order valence-electron chi connectivity index (χ3n) is 5.97. The van der Waals surface area contributed by atoms with E-state index in [0.29, 0.717) is 45.7 Å². The summed E-state index contributed by atoms with van der Waals surface area (Å²) in [6, 6.07) is 1.87. The topological polar surface area (TPSA) is 112 Å². The number of amides is 2. The number of nitrogens with zero attached hydrogens (tertiary/aromatic N) is 3. The van der Waals surface area contributed by atoms with Crippen molar-refractivity contribution < 1.29 is 23.9 Å². The van der Waals surface area contributed by atoms with Crippen LogP contribution >= 0.6 is 0 Å². The van der Waals surface area contributed by atoms with Crippen LogP contribution in [-0.2, 0) is 22.4 Å². The Morgan fingerprint density at radius 2 is 2.03 bits per heavy atom. The van der Waals surface area contributed by atoms with Gasteiger partial charge in [-0.2, -0.15) is 0 Å². The zero-order chi connectivity index (χ0) is 20.8. The summed E-state index contributed by atoms with van der Waals surface area (Å²) in [7, 11) is 0. The molecule has 2 amide bonds. The minimum Gasteiger partial charge on any atom is -0.390 e. The average molecular weight is 424 g/mol. The van der Waals surface area contributed by atoms with Crippen LogP contribution in [-0.4, -0.2) is 103 Å². The molecule has 3 atom stereocenters. The number of ether oxygens (including phenoxy) is 2. The molecule has 10 nitrogen and oxygen atoms in total. The van der Waals surface area contributed by atoms with Gasteiger partial charge >= 0.3 is 6.03 Å². The molecule has 0 spiro atoms. The van der Waals surface area contributed by atoms with E-state index >= 15 is 0 Å². The lowest BCUT2D eigenvalue weighted by atomic mass is 9.98. The van der Waals surface area contributed by atoms with Gasteiger partial charge in [-0.15, -0.1) is 0 Å². The first kappa shape index (κ1) is 21.5. The van der Waals surface area contributed by atoms with Crippen LogP contribution in [0.3, 0.4) is 0 Å². The van der Waals surface area contributed by atoms with Crippen LogP contribution < -0.4 is 10.6 Å². The third-order valence-corrected chi connectivity index (χ3v) is 5.97. The Hall–Kier alpha value is -1.72. The van der Waals surface area contributed by atoms with Crippen molar-refractivity contribution in [3.05, 3.63) is 17.5 Å². The molecule has 0 bridgehead atoms. The molecule has 3 aliphatic heterocycles. The Labute approximate surface area is 176 Å². The van der Waals surface area contributed by atoms with E-state index in [2.05, 4.69) is 20.7 Å². The second-order valence-corrected chi connectivity index (χ2v) is 8.24. The Balaban J connectivity index is 1.23. The number of urea groups is 1. The number of aliphatic hydroxyl groups excluding tert-OH is 1. The van der Waals surface area contributed by atoms with E-state index in [1.165, 1.54) is 0 Å². The van der Waals surface area contributed by atoms with Gasteiger partial charge in [-0.25, -0.2) is 4.79 Å². The first-order chi connectivity index (χ1) is 14.7. The van der Waals surface area contributed by atoms with Crippen LogP contribution in [0.4, 0.5) is 4.79 Å². The largest absolute Gasteiger partial charge is 0.390 e. The SMILES string of the molecule is O=C(NC[C@H]1O[C@H](Cc2cc(CN3CCNCC3)on2)CC[C@@H]1O)N1CCOCC1. The van der Waals surface area contributed by atoms with Crippen molar-refractivity contribution in [2.75, 3.05) is 59.0 Å². The van der Waals surface area contributed by atoms with Gasteiger partial charge < -0.3 is 34.6 Å². The summed E-state index contributed by atoms with van der Waals surface area (Å²) in [5.41, 5.74) is 0.873. The number of carbonyl (C=O) groups is 1. The van der Waals surface area contributed by atoms with Gasteiger partial charge in [0.1, 0.15) is 6.10 Å². The van der Waals surface area contributed by atoms with Crippen LogP contribution in [0.15, 0.2) is 10.6 Å². The number of morpholine rings is 1. The normalized spacial score (nSPS) is 28.4. The second-order valence-electron chi connectivity index (χ2n) is 8.24. The maximum absolute atomic E-state index is 12.3. The molecule has 0 unspecified atom stereocenters. The third kappa shape index (κ3) is 5.92. The Bertz CT molecular complexity index is 674. The van der Waals surface area contributed by atoms with Crippen molar-refractivity contribution >= 4 is 6.03 Å². The number of carbonyl (C=O) groups excluding carboxylic acids is 1. The van der Waals surface area contributed by atoms with Gasteiger partial charge in [-0.05, 0) is 12.8 Å². The van der Waals surface area contributed by atoms with E-state index in [4.69, 9.17) is 14.0 Å². The summed E-state index contributed by atoms with van der Waals surface area (Å²) in [5, 5.41) is 20.7. The van der Waals surface area contributed by atoms with Crippen LogP contribution in [0.5, 0.6) is 0 Å². The highest BCUT2D eigenvalue weighted by Crippen LogP contribution is 2.23. The van der Waals surface area contributed by atoms with Crippen molar-refractivity contribution in [2.24, 2.45) is 0 Å². The van der Waals surface area contributed by atoms with Gasteiger partial charge in [0.15, 0.2) is 5.76 Å². The molecule has 1 aromatic heterocycles. The lowest BCUT2D eigenvalue weighted by Crippen LogP contribution is -2.51. The van der Waals surface area contributed by atoms with E-state index in [-0.39, 0.29) is 12.1 Å².